The molecule has 0 spiro atoms. The molecule has 0 radical (unpaired) electrons. The van der Waals surface area contributed by atoms with Crippen LogP contribution in [-0.4, -0.2) is 24.0 Å². The van der Waals surface area contributed by atoms with Crippen molar-refractivity contribution in [2.24, 2.45) is 5.73 Å². The van der Waals surface area contributed by atoms with E-state index in [0.29, 0.717) is 16.3 Å². The molecule has 1 heterocycles. The molecule has 0 atom stereocenters. The number of carbonyl (C=O) groups excluding carboxylic acids is 2. The summed E-state index contributed by atoms with van der Waals surface area (Å²) in [6.45, 7) is 0. The second kappa shape index (κ2) is 8.85. The molecular formula is C19H18BrN3O3S2. The maximum Gasteiger partial charge on any atom is 0.251 e. The van der Waals surface area contributed by atoms with Crippen molar-refractivity contribution >= 4 is 67.5 Å². The highest BCUT2D eigenvalue weighted by molar-refractivity contribution is 9.10. The van der Waals surface area contributed by atoms with Crippen LogP contribution in [-0.2, 0) is 17.6 Å². The van der Waals surface area contributed by atoms with Crippen LogP contribution in [0.1, 0.15) is 32.8 Å². The number of hydrogen-bond acceptors (Lipinski definition) is 5. The molecule has 1 aromatic carbocycles. The molecule has 28 heavy (non-hydrogen) atoms. The maximum atomic E-state index is 12.2. The molecule has 0 bridgehead atoms. The molecule has 0 fully saturated rings. The zero-order valence-electron chi connectivity index (χ0n) is 15.0. The van der Waals surface area contributed by atoms with Gasteiger partial charge in [-0.1, -0.05) is 15.9 Å². The summed E-state index contributed by atoms with van der Waals surface area (Å²) in [5.41, 5.74) is 7.75. The fraction of sp³-hybridized carbons (Fsp3) is 0.211. The lowest BCUT2D eigenvalue weighted by Crippen LogP contribution is -2.33. The van der Waals surface area contributed by atoms with Crippen molar-refractivity contribution in [3.8, 4) is 5.75 Å². The van der Waals surface area contributed by atoms with Crippen LogP contribution in [0.4, 0.5) is 5.00 Å². The molecule has 3 rings (SSSR count). The number of halogens is 1. The minimum absolute atomic E-state index is 0.110. The molecule has 0 saturated carbocycles. The Hall–Kier alpha value is -2.23. The van der Waals surface area contributed by atoms with Gasteiger partial charge < -0.3 is 15.8 Å². The molecule has 0 unspecified atom stereocenters. The predicted molar refractivity (Wildman–Crippen MR) is 119 cm³/mol. The summed E-state index contributed by atoms with van der Waals surface area (Å²) in [5.74, 6) is -0.242. The number of aryl methyl sites for hydroxylation is 1. The van der Waals surface area contributed by atoms with Gasteiger partial charge in [0.25, 0.3) is 5.91 Å². The molecule has 0 saturated heterocycles. The summed E-state index contributed by atoms with van der Waals surface area (Å²) >= 11 is 10.1. The maximum absolute atomic E-state index is 12.2. The quantitative estimate of drug-likeness (QED) is 0.449. The fourth-order valence-corrected chi connectivity index (χ4v) is 4.99. The van der Waals surface area contributed by atoms with Gasteiger partial charge in [-0.2, -0.15) is 0 Å². The SMILES string of the molecule is COc1ccc(Br)cc1/C=C/C(=O)NC(=S)Nc1sc2c(c1C(N)=O)CCC2. The average Bonchev–Trinajstić information content (AvgIpc) is 3.20. The number of amides is 2. The van der Waals surface area contributed by atoms with E-state index in [1.165, 1.54) is 17.4 Å². The number of hydrogen-bond donors (Lipinski definition) is 3. The number of thiocarbonyl (C=S) groups is 1. The highest BCUT2D eigenvalue weighted by Crippen LogP contribution is 2.38. The van der Waals surface area contributed by atoms with E-state index in [9.17, 15) is 9.59 Å². The van der Waals surface area contributed by atoms with Gasteiger partial charge in [0.2, 0.25) is 5.91 Å². The van der Waals surface area contributed by atoms with Gasteiger partial charge in [-0.25, -0.2) is 0 Å². The van der Waals surface area contributed by atoms with E-state index in [2.05, 4.69) is 26.6 Å². The van der Waals surface area contributed by atoms with Crippen LogP contribution in [0.25, 0.3) is 6.08 Å². The number of benzene rings is 1. The molecule has 1 aromatic heterocycles. The van der Waals surface area contributed by atoms with Gasteiger partial charge in [0, 0.05) is 21.0 Å². The van der Waals surface area contributed by atoms with Gasteiger partial charge >= 0.3 is 0 Å². The van der Waals surface area contributed by atoms with Gasteiger partial charge in [0.1, 0.15) is 10.8 Å². The van der Waals surface area contributed by atoms with Gasteiger partial charge in [-0.3, -0.25) is 14.9 Å². The number of nitrogens with one attached hydrogen (secondary N) is 2. The van der Waals surface area contributed by atoms with Crippen LogP contribution in [0.2, 0.25) is 0 Å². The number of methoxy groups -OCH3 is 1. The average molecular weight is 480 g/mol. The first-order chi connectivity index (χ1) is 13.4. The molecular weight excluding hydrogens is 462 g/mol. The second-order valence-electron chi connectivity index (χ2n) is 6.09. The molecule has 146 valence electrons. The number of fused-ring (bicyclic) bond motifs is 1. The van der Waals surface area contributed by atoms with E-state index < -0.39 is 11.8 Å². The van der Waals surface area contributed by atoms with Crippen molar-refractivity contribution in [1.82, 2.24) is 5.32 Å². The van der Waals surface area contributed by atoms with Crippen LogP contribution in [0.5, 0.6) is 5.75 Å². The number of anilines is 1. The van der Waals surface area contributed by atoms with Crippen molar-refractivity contribution in [3.63, 3.8) is 0 Å². The van der Waals surface area contributed by atoms with Crippen LogP contribution in [0.15, 0.2) is 28.7 Å². The molecule has 2 amide bonds. The van der Waals surface area contributed by atoms with Crippen molar-refractivity contribution in [1.29, 1.82) is 0 Å². The highest BCUT2D eigenvalue weighted by Gasteiger charge is 2.25. The monoisotopic (exact) mass is 479 g/mol. The van der Waals surface area contributed by atoms with Crippen LogP contribution in [0, 0.1) is 0 Å². The predicted octanol–water partition coefficient (Wildman–Crippen LogP) is 3.63. The van der Waals surface area contributed by atoms with Crippen LogP contribution < -0.4 is 21.1 Å². The lowest BCUT2D eigenvalue weighted by molar-refractivity contribution is -0.115. The van der Waals surface area contributed by atoms with E-state index in [1.54, 1.807) is 19.3 Å². The number of thiophene rings is 1. The number of carbonyl (C=O) groups is 2. The fourth-order valence-electron chi connectivity index (χ4n) is 3.04. The first-order valence-corrected chi connectivity index (χ1v) is 10.5. The van der Waals surface area contributed by atoms with E-state index >= 15 is 0 Å². The van der Waals surface area contributed by atoms with Crippen molar-refractivity contribution in [2.75, 3.05) is 12.4 Å². The third-order valence-corrected chi connectivity index (χ3v) is 6.14. The van der Waals surface area contributed by atoms with Gasteiger partial charge in [-0.05, 0) is 61.3 Å². The molecule has 9 heteroatoms. The second-order valence-corrected chi connectivity index (χ2v) is 8.52. The minimum Gasteiger partial charge on any atom is -0.496 e. The zero-order valence-corrected chi connectivity index (χ0v) is 18.2. The van der Waals surface area contributed by atoms with Crippen LogP contribution >= 0.6 is 39.5 Å². The van der Waals surface area contributed by atoms with Crippen molar-refractivity contribution in [3.05, 3.63) is 50.3 Å². The normalized spacial score (nSPS) is 12.6. The summed E-state index contributed by atoms with van der Waals surface area (Å²) in [5, 5.41) is 6.20. The van der Waals surface area contributed by atoms with E-state index in [1.807, 2.05) is 12.1 Å². The number of ether oxygens (including phenoxy) is 1. The summed E-state index contributed by atoms with van der Waals surface area (Å²) in [7, 11) is 1.56. The summed E-state index contributed by atoms with van der Waals surface area (Å²) in [6.07, 6.45) is 5.78. The van der Waals surface area contributed by atoms with Crippen molar-refractivity contribution in [2.45, 2.75) is 19.3 Å². The first kappa shape index (κ1) is 20.5. The van der Waals surface area contributed by atoms with Gasteiger partial charge in [0.15, 0.2) is 5.11 Å². The lowest BCUT2D eigenvalue weighted by Gasteiger charge is -2.09. The topological polar surface area (TPSA) is 93.4 Å². The Bertz CT molecular complexity index is 985. The Morgan fingerprint density at radius 1 is 1.36 bits per heavy atom. The largest absolute Gasteiger partial charge is 0.496 e. The molecule has 2 aromatic rings. The summed E-state index contributed by atoms with van der Waals surface area (Å²) in [6, 6.07) is 5.49. The first-order valence-electron chi connectivity index (χ1n) is 8.47. The van der Waals surface area contributed by atoms with Crippen molar-refractivity contribution < 1.29 is 14.3 Å². The van der Waals surface area contributed by atoms with E-state index in [0.717, 1.165) is 39.7 Å². The Labute approximate surface area is 180 Å². The smallest absolute Gasteiger partial charge is 0.251 e. The number of rotatable bonds is 5. The van der Waals surface area contributed by atoms with Gasteiger partial charge in [-0.15, -0.1) is 11.3 Å². The molecule has 0 aliphatic heterocycles. The Morgan fingerprint density at radius 3 is 2.86 bits per heavy atom. The number of nitrogens with two attached hydrogens (primary N) is 1. The van der Waals surface area contributed by atoms with Gasteiger partial charge in [0.05, 0.1) is 12.7 Å². The van der Waals surface area contributed by atoms with Crippen LogP contribution in [0.3, 0.4) is 0 Å². The van der Waals surface area contributed by atoms with E-state index in [4.69, 9.17) is 22.7 Å². The Balaban J connectivity index is 1.67. The molecule has 6 nitrogen and oxygen atoms in total. The Kier molecular flexibility index (Phi) is 6.48. The highest BCUT2D eigenvalue weighted by atomic mass is 79.9. The Morgan fingerprint density at radius 2 is 2.14 bits per heavy atom. The summed E-state index contributed by atoms with van der Waals surface area (Å²) < 4.78 is 6.14. The lowest BCUT2D eigenvalue weighted by atomic mass is 10.1. The molecule has 4 N–H and O–H groups in total. The molecule has 1 aliphatic carbocycles. The third-order valence-electron chi connectivity index (χ3n) is 4.24. The summed E-state index contributed by atoms with van der Waals surface area (Å²) in [4.78, 5) is 25.2. The van der Waals surface area contributed by atoms with E-state index in [-0.39, 0.29) is 5.11 Å². The third kappa shape index (κ3) is 4.60. The standard InChI is InChI=1S/C19H18BrN3O3S2/c1-26-13-7-6-11(20)9-10(13)5-8-15(24)22-19(27)23-18-16(17(21)25)12-3-2-4-14(12)28-18/h5-9H,2-4H2,1H3,(H2,21,25)(H2,22,23,24,27)/b8-5+. The zero-order chi connectivity index (χ0) is 20.3. The molecule has 1 aliphatic rings. The minimum atomic E-state index is -0.488. The number of primary amides is 1.